The molecule has 0 spiro atoms. The SMILES string of the molecule is Cc1cc(C(=O)N2CCC[C@@H](c3ncc(Cc4cccc(F)c4)o3)C2)c2c(C)noc2n1. The predicted molar refractivity (Wildman–Crippen MR) is 115 cm³/mol. The lowest BCUT2D eigenvalue weighted by molar-refractivity contribution is 0.0699. The number of aryl methyl sites for hydroxylation is 2. The van der Waals surface area contributed by atoms with Crippen LogP contribution in [0.25, 0.3) is 11.1 Å². The summed E-state index contributed by atoms with van der Waals surface area (Å²) in [6.45, 7) is 4.83. The zero-order chi connectivity index (χ0) is 22.2. The topological polar surface area (TPSA) is 85.3 Å². The second-order valence-corrected chi connectivity index (χ2v) is 8.32. The Morgan fingerprint density at radius 2 is 2.16 bits per heavy atom. The van der Waals surface area contributed by atoms with Gasteiger partial charge in [0, 0.05) is 25.2 Å². The zero-order valence-corrected chi connectivity index (χ0v) is 18.0. The largest absolute Gasteiger partial charge is 0.445 e. The maximum absolute atomic E-state index is 13.5. The van der Waals surface area contributed by atoms with Gasteiger partial charge < -0.3 is 13.8 Å². The molecule has 0 saturated carbocycles. The van der Waals surface area contributed by atoms with Crippen LogP contribution in [-0.2, 0) is 6.42 Å². The fourth-order valence-electron chi connectivity index (χ4n) is 4.36. The average Bonchev–Trinajstić information content (AvgIpc) is 3.39. The number of hydrogen-bond acceptors (Lipinski definition) is 6. The van der Waals surface area contributed by atoms with E-state index in [9.17, 15) is 9.18 Å². The number of piperidine rings is 1. The van der Waals surface area contributed by atoms with Crippen LogP contribution in [0.5, 0.6) is 0 Å². The molecule has 4 heterocycles. The number of pyridine rings is 1. The number of amides is 1. The van der Waals surface area contributed by atoms with Crippen molar-refractivity contribution < 1.29 is 18.1 Å². The third-order valence-electron chi connectivity index (χ3n) is 5.87. The molecule has 1 aliphatic heterocycles. The molecule has 1 saturated heterocycles. The highest BCUT2D eigenvalue weighted by molar-refractivity contribution is 6.06. The second kappa shape index (κ2) is 8.18. The first-order valence-electron chi connectivity index (χ1n) is 10.7. The number of likely N-dealkylation sites (tertiary alicyclic amines) is 1. The van der Waals surface area contributed by atoms with E-state index in [0.29, 0.717) is 59.2 Å². The first-order chi connectivity index (χ1) is 15.5. The molecule has 1 aromatic carbocycles. The van der Waals surface area contributed by atoms with Crippen LogP contribution in [0.4, 0.5) is 4.39 Å². The molecule has 3 aromatic heterocycles. The third-order valence-corrected chi connectivity index (χ3v) is 5.87. The van der Waals surface area contributed by atoms with Crippen molar-refractivity contribution in [2.24, 2.45) is 0 Å². The van der Waals surface area contributed by atoms with E-state index in [4.69, 9.17) is 8.94 Å². The van der Waals surface area contributed by atoms with Gasteiger partial charge in [-0.15, -0.1) is 0 Å². The minimum atomic E-state index is -0.271. The fraction of sp³-hybridized carbons (Fsp3) is 0.333. The molecule has 0 aliphatic carbocycles. The van der Waals surface area contributed by atoms with Gasteiger partial charge in [0.15, 0.2) is 5.89 Å². The first-order valence-corrected chi connectivity index (χ1v) is 10.7. The van der Waals surface area contributed by atoms with E-state index in [1.165, 1.54) is 12.1 Å². The highest BCUT2D eigenvalue weighted by Gasteiger charge is 2.30. The molecule has 1 aliphatic rings. The summed E-state index contributed by atoms with van der Waals surface area (Å²) in [5.74, 6) is 0.970. The fourth-order valence-corrected chi connectivity index (χ4v) is 4.36. The summed E-state index contributed by atoms with van der Waals surface area (Å²) >= 11 is 0. The summed E-state index contributed by atoms with van der Waals surface area (Å²) in [6.07, 6.45) is 3.91. The van der Waals surface area contributed by atoms with Crippen LogP contribution >= 0.6 is 0 Å². The minimum Gasteiger partial charge on any atom is -0.445 e. The Morgan fingerprint density at radius 1 is 1.28 bits per heavy atom. The van der Waals surface area contributed by atoms with Crippen LogP contribution in [0.1, 0.15) is 57.7 Å². The van der Waals surface area contributed by atoms with Gasteiger partial charge in [-0.25, -0.2) is 14.4 Å². The van der Waals surface area contributed by atoms with Gasteiger partial charge >= 0.3 is 0 Å². The maximum atomic E-state index is 13.5. The Kier molecular flexibility index (Phi) is 5.20. The Balaban J connectivity index is 1.35. The summed E-state index contributed by atoms with van der Waals surface area (Å²) in [5.41, 5.74) is 3.13. The van der Waals surface area contributed by atoms with Gasteiger partial charge in [0.2, 0.25) is 0 Å². The quantitative estimate of drug-likeness (QED) is 0.468. The van der Waals surface area contributed by atoms with Crippen molar-refractivity contribution in [1.82, 2.24) is 20.0 Å². The Hall–Kier alpha value is -3.55. The van der Waals surface area contributed by atoms with E-state index in [1.54, 1.807) is 18.3 Å². The molecule has 164 valence electrons. The van der Waals surface area contributed by atoms with Gasteiger partial charge in [0.25, 0.3) is 11.6 Å². The summed E-state index contributed by atoms with van der Waals surface area (Å²) in [6, 6.07) is 8.24. The smallest absolute Gasteiger partial charge is 0.258 e. The second-order valence-electron chi connectivity index (χ2n) is 8.32. The highest BCUT2D eigenvalue weighted by Crippen LogP contribution is 2.30. The maximum Gasteiger partial charge on any atom is 0.258 e. The molecule has 1 atom stereocenters. The average molecular weight is 434 g/mol. The molecule has 0 unspecified atom stereocenters. The lowest BCUT2D eigenvalue weighted by Gasteiger charge is -2.31. The molecule has 5 rings (SSSR count). The van der Waals surface area contributed by atoms with Gasteiger partial charge in [-0.3, -0.25) is 4.79 Å². The number of hydrogen-bond donors (Lipinski definition) is 0. The van der Waals surface area contributed by atoms with Gasteiger partial charge in [-0.2, -0.15) is 0 Å². The number of carbonyl (C=O) groups excluding carboxylic acids is 1. The molecule has 7 nitrogen and oxygen atoms in total. The van der Waals surface area contributed by atoms with Crippen molar-refractivity contribution >= 4 is 17.0 Å². The molecule has 32 heavy (non-hydrogen) atoms. The molecule has 4 aromatic rings. The number of fused-ring (bicyclic) bond motifs is 1. The van der Waals surface area contributed by atoms with E-state index in [-0.39, 0.29) is 17.6 Å². The molecule has 1 fully saturated rings. The van der Waals surface area contributed by atoms with Crippen molar-refractivity contribution in [3.63, 3.8) is 0 Å². The molecular formula is C24H23FN4O3. The van der Waals surface area contributed by atoms with Gasteiger partial charge in [-0.1, -0.05) is 17.3 Å². The summed E-state index contributed by atoms with van der Waals surface area (Å²) in [7, 11) is 0. The van der Waals surface area contributed by atoms with Crippen LogP contribution < -0.4 is 0 Å². The van der Waals surface area contributed by atoms with E-state index in [2.05, 4.69) is 15.1 Å². The lowest BCUT2D eigenvalue weighted by Crippen LogP contribution is -2.39. The van der Waals surface area contributed by atoms with Gasteiger partial charge in [0.1, 0.15) is 11.6 Å². The number of oxazole rings is 1. The normalized spacial score (nSPS) is 16.6. The summed E-state index contributed by atoms with van der Waals surface area (Å²) in [4.78, 5) is 24.1. The Labute approximate surface area is 184 Å². The minimum absolute atomic E-state index is 0.0101. The van der Waals surface area contributed by atoms with Crippen molar-refractivity contribution in [2.75, 3.05) is 13.1 Å². The Morgan fingerprint density at radius 3 is 3.00 bits per heavy atom. The molecular weight excluding hydrogens is 411 g/mol. The predicted octanol–water partition coefficient (Wildman–Crippen LogP) is 4.58. The number of rotatable bonds is 4. The molecule has 0 bridgehead atoms. The number of carbonyl (C=O) groups is 1. The first kappa shape index (κ1) is 20.4. The number of benzene rings is 1. The summed E-state index contributed by atoms with van der Waals surface area (Å²) < 4.78 is 24.7. The van der Waals surface area contributed by atoms with Crippen LogP contribution in [0.2, 0.25) is 0 Å². The van der Waals surface area contributed by atoms with Crippen molar-refractivity contribution in [3.8, 4) is 0 Å². The van der Waals surface area contributed by atoms with E-state index >= 15 is 0 Å². The number of nitrogens with zero attached hydrogens (tertiary/aromatic N) is 4. The zero-order valence-electron chi connectivity index (χ0n) is 18.0. The summed E-state index contributed by atoms with van der Waals surface area (Å²) in [5, 5.41) is 4.64. The monoisotopic (exact) mass is 434 g/mol. The van der Waals surface area contributed by atoms with Crippen molar-refractivity contribution in [3.05, 3.63) is 76.5 Å². The Bertz CT molecular complexity index is 1300. The van der Waals surface area contributed by atoms with Gasteiger partial charge in [0.05, 0.1) is 28.8 Å². The van der Waals surface area contributed by atoms with Crippen molar-refractivity contribution in [2.45, 2.75) is 39.0 Å². The molecule has 0 radical (unpaired) electrons. The lowest BCUT2D eigenvalue weighted by atomic mass is 9.97. The number of halogens is 1. The molecule has 1 amide bonds. The molecule has 8 heteroatoms. The van der Waals surface area contributed by atoms with E-state index < -0.39 is 0 Å². The van der Waals surface area contributed by atoms with Gasteiger partial charge in [-0.05, 0) is 50.5 Å². The van der Waals surface area contributed by atoms with Crippen LogP contribution in [-0.4, -0.2) is 39.0 Å². The van der Waals surface area contributed by atoms with Crippen LogP contribution in [0.3, 0.4) is 0 Å². The van der Waals surface area contributed by atoms with Crippen LogP contribution in [0.15, 0.2) is 45.5 Å². The van der Waals surface area contributed by atoms with E-state index in [0.717, 1.165) is 18.4 Å². The van der Waals surface area contributed by atoms with E-state index in [1.807, 2.05) is 24.8 Å². The van der Waals surface area contributed by atoms with Crippen LogP contribution in [0, 0.1) is 19.7 Å². The number of aromatic nitrogens is 3. The third kappa shape index (κ3) is 3.88. The molecule has 0 N–H and O–H groups in total. The highest BCUT2D eigenvalue weighted by atomic mass is 19.1. The standard InChI is InChI=1S/C24H23FN4O3/c1-14-9-20(21-15(2)28-32-23(21)27-14)24(30)29-8-4-6-17(13-29)22-26-12-19(31-22)11-16-5-3-7-18(25)10-16/h3,5,7,9-10,12,17H,4,6,8,11,13H2,1-2H3/t17-/m1/s1. The van der Waals surface area contributed by atoms with Crippen molar-refractivity contribution in [1.29, 1.82) is 0 Å².